The molecule has 0 aliphatic carbocycles. The van der Waals surface area contributed by atoms with E-state index in [0.717, 1.165) is 6.07 Å². The Morgan fingerprint density at radius 3 is 2.65 bits per heavy atom. The molecule has 20 heavy (non-hydrogen) atoms. The van der Waals surface area contributed by atoms with Crippen LogP contribution in [-0.2, 0) is 16.0 Å². The van der Waals surface area contributed by atoms with E-state index in [-0.39, 0.29) is 28.3 Å². The molecule has 1 aromatic rings. The van der Waals surface area contributed by atoms with Gasteiger partial charge in [-0.05, 0) is 18.4 Å². The van der Waals surface area contributed by atoms with Gasteiger partial charge in [-0.1, -0.05) is 11.6 Å². The molecule has 1 saturated heterocycles. The van der Waals surface area contributed by atoms with Gasteiger partial charge in [0.2, 0.25) is 0 Å². The Kier molecular flexibility index (Phi) is 4.15. The molecule has 9 heteroatoms. The Hall–Kier alpha value is -1.02. The summed E-state index contributed by atoms with van der Waals surface area (Å²) in [5.41, 5.74) is -0.920. The minimum Gasteiger partial charge on any atom is -0.369 e. The highest BCUT2D eigenvalue weighted by Crippen LogP contribution is 2.32. The third-order valence-electron chi connectivity index (χ3n) is 3.05. The SMILES string of the molecule is O=S1(=O)CCC(CNc2ncc(C(F)(F)F)cc2Cl)C1. The van der Waals surface area contributed by atoms with Crippen LogP contribution >= 0.6 is 11.6 Å². The Labute approximate surface area is 119 Å². The lowest BCUT2D eigenvalue weighted by atomic mass is 10.1. The van der Waals surface area contributed by atoms with Crippen LogP contribution in [0.2, 0.25) is 5.02 Å². The second kappa shape index (κ2) is 5.40. The van der Waals surface area contributed by atoms with Gasteiger partial charge in [0.25, 0.3) is 0 Å². The quantitative estimate of drug-likeness (QED) is 0.926. The summed E-state index contributed by atoms with van der Waals surface area (Å²) in [6.45, 7) is 0.317. The third kappa shape index (κ3) is 3.76. The van der Waals surface area contributed by atoms with E-state index in [1.165, 1.54) is 0 Å². The number of rotatable bonds is 3. The second-order valence-corrected chi connectivity index (χ2v) is 7.34. The fourth-order valence-corrected chi connectivity index (χ4v) is 4.09. The summed E-state index contributed by atoms with van der Waals surface area (Å²) in [6.07, 6.45) is -3.26. The minimum atomic E-state index is -4.49. The normalized spacial score (nSPS) is 21.9. The highest BCUT2D eigenvalue weighted by Gasteiger charge is 2.32. The van der Waals surface area contributed by atoms with Crippen LogP contribution in [-0.4, -0.2) is 31.5 Å². The van der Waals surface area contributed by atoms with Crippen molar-refractivity contribution in [3.8, 4) is 0 Å². The molecule has 1 aliphatic rings. The second-order valence-electron chi connectivity index (χ2n) is 4.70. The number of hydrogen-bond acceptors (Lipinski definition) is 4. The number of halogens is 4. The van der Waals surface area contributed by atoms with E-state index in [2.05, 4.69) is 10.3 Å². The number of aromatic nitrogens is 1. The number of sulfone groups is 1. The average Bonchev–Trinajstić information content (AvgIpc) is 2.66. The van der Waals surface area contributed by atoms with E-state index in [1.54, 1.807) is 0 Å². The average molecular weight is 329 g/mol. The lowest BCUT2D eigenvalue weighted by Gasteiger charge is -2.13. The van der Waals surface area contributed by atoms with Gasteiger partial charge in [0.15, 0.2) is 9.84 Å². The predicted molar refractivity (Wildman–Crippen MR) is 69.5 cm³/mol. The first-order chi connectivity index (χ1) is 9.17. The van der Waals surface area contributed by atoms with E-state index < -0.39 is 21.6 Å². The van der Waals surface area contributed by atoms with Crippen LogP contribution in [0.4, 0.5) is 19.0 Å². The van der Waals surface area contributed by atoms with Crippen molar-refractivity contribution >= 4 is 27.3 Å². The summed E-state index contributed by atoms with van der Waals surface area (Å²) in [6, 6.07) is 0.794. The molecule has 1 aliphatic heterocycles. The van der Waals surface area contributed by atoms with Gasteiger partial charge >= 0.3 is 6.18 Å². The summed E-state index contributed by atoms with van der Waals surface area (Å²) < 4.78 is 59.9. The summed E-state index contributed by atoms with van der Waals surface area (Å²) in [7, 11) is -2.98. The number of alkyl halides is 3. The maximum Gasteiger partial charge on any atom is 0.417 e. The van der Waals surface area contributed by atoms with Gasteiger partial charge in [0.1, 0.15) is 5.82 Å². The smallest absolute Gasteiger partial charge is 0.369 e. The van der Waals surface area contributed by atoms with Gasteiger partial charge < -0.3 is 5.32 Å². The molecule has 0 amide bonds. The molecule has 2 heterocycles. The van der Waals surface area contributed by atoms with Crippen molar-refractivity contribution in [2.45, 2.75) is 12.6 Å². The first-order valence-electron chi connectivity index (χ1n) is 5.84. The zero-order valence-electron chi connectivity index (χ0n) is 10.2. The zero-order valence-corrected chi connectivity index (χ0v) is 11.8. The molecule has 1 N–H and O–H groups in total. The number of nitrogens with one attached hydrogen (secondary N) is 1. The van der Waals surface area contributed by atoms with Gasteiger partial charge in [-0.25, -0.2) is 13.4 Å². The van der Waals surface area contributed by atoms with Crippen LogP contribution in [0.5, 0.6) is 0 Å². The maximum atomic E-state index is 12.4. The van der Waals surface area contributed by atoms with Crippen molar-refractivity contribution in [1.29, 1.82) is 0 Å². The molecular formula is C11H12ClF3N2O2S. The fourth-order valence-electron chi connectivity index (χ4n) is 2.00. The molecular weight excluding hydrogens is 317 g/mol. The largest absolute Gasteiger partial charge is 0.417 e. The lowest BCUT2D eigenvalue weighted by molar-refractivity contribution is -0.137. The summed E-state index contributed by atoms with van der Waals surface area (Å²) in [5.74, 6) is 0.287. The van der Waals surface area contributed by atoms with Crippen LogP contribution in [0.1, 0.15) is 12.0 Å². The van der Waals surface area contributed by atoms with Gasteiger partial charge in [-0.2, -0.15) is 13.2 Å². The molecule has 0 bridgehead atoms. The van der Waals surface area contributed by atoms with Crippen LogP contribution in [0.25, 0.3) is 0 Å². The van der Waals surface area contributed by atoms with Crippen molar-refractivity contribution < 1.29 is 21.6 Å². The van der Waals surface area contributed by atoms with E-state index >= 15 is 0 Å². The zero-order chi connectivity index (χ0) is 15.0. The molecule has 1 fully saturated rings. The van der Waals surface area contributed by atoms with Crippen molar-refractivity contribution in [3.63, 3.8) is 0 Å². The highest BCUT2D eigenvalue weighted by molar-refractivity contribution is 7.91. The van der Waals surface area contributed by atoms with E-state index in [1.807, 2.05) is 0 Å². The molecule has 1 aromatic heterocycles. The molecule has 2 rings (SSSR count). The first kappa shape index (κ1) is 15.4. The van der Waals surface area contributed by atoms with Crippen molar-refractivity contribution in [2.75, 3.05) is 23.4 Å². The molecule has 0 spiro atoms. The number of pyridine rings is 1. The molecule has 1 unspecified atom stereocenters. The number of nitrogens with zero attached hydrogens (tertiary/aromatic N) is 1. The van der Waals surface area contributed by atoms with E-state index in [4.69, 9.17) is 11.6 Å². The molecule has 1 atom stereocenters. The Balaban J connectivity index is 2.01. The summed E-state index contributed by atoms with van der Waals surface area (Å²) in [5, 5.41) is 2.66. The predicted octanol–water partition coefficient (Wildman–Crippen LogP) is 2.60. The van der Waals surface area contributed by atoms with Gasteiger partial charge in [0, 0.05) is 12.7 Å². The molecule has 4 nitrogen and oxygen atoms in total. The van der Waals surface area contributed by atoms with Crippen molar-refractivity contribution in [2.24, 2.45) is 5.92 Å². The standard InChI is InChI=1S/C11H12ClF3N2O2S/c12-9-3-8(11(13,14)15)5-17-10(9)16-4-7-1-2-20(18,19)6-7/h3,5,7H,1-2,4,6H2,(H,16,17). The van der Waals surface area contributed by atoms with Crippen LogP contribution in [0.3, 0.4) is 0 Å². The summed E-state index contributed by atoms with van der Waals surface area (Å²) >= 11 is 5.73. The van der Waals surface area contributed by atoms with Gasteiger partial charge in [-0.3, -0.25) is 0 Å². The monoisotopic (exact) mass is 328 g/mol. The molecule has 0 aromatic carbocycles. The third-order valence-corrected chi connectivity index (χ3v) is 5.18. The lowest BCUT2D eigenvalue weighted by Crippen LogP contribution is -2.17. The molecule has 112 valence electrons. The maximum absolute atomic E-state index is 12.4. The highest BCUT2D eigenvalue weighted by atomic mass is 35.5. The Morgan fingerprint density at radius 1 is 1.45 bits per heavy atom. The van der Waals surface area contributed by atoms with Crippen LogP contribution in [0, 0.1) is 5.92 Å². The van der Waals surface area contributed by atoms with E-state index in [9.17, 15) is 21.6 Å². The van der Waals surface area contributed by atoms with Crippen LogP contribution < -0.4 is 5.32 Å². The Bertz CT molecular complexity index is 604. The molecule has 0 saturated carbocycles. The first-order valence-corrected chi connectivity index (χ1v) is 8.04. The fraction of sp³-hybridized carbons (Fsp3) is 0.545. The number of hydrogen-bond donors (Lipinski definition) is 1. The molecule has 0 radical (unpaired) electrons. The van der Waals surface area contributed by atoms with E-state index in [0.29, 0.717) is 19.2 Å². The van der Waals surface area contributed by atoms with Crippen molar-refractivity contribution in [1.82, 2.24) is 4.98 Å². The Morgan fingerprint density at radius 2 is 2.15 bits per heavy atom. The summed E-state index contributed by atoms with van der Waals surface area (Å²) in [4.78, 5) is 3.63. The number of anilines is 1. The van der Waals surface area contributed by atoms with Crippen molar-refractivity contribution in [3.05, 3.63) is 22.8 Å². The van der Waals surface area contributed by atoms with Gasteiger partial charge in [-0.15, -0.1) is 0 Å². The topological polar surface area (TPSA) is 59.1 Å². The van der Waals surface area contributed by atoms with Gasteiger partial charge in [0.05, 0.1) is 22.1 Å². The van der Waals surface area contributed by atoms with Crippen LogP contribution in [0.15, 0.2) is 12.3 Å². The minimum absolute atomic E-state index is 0.0693.